The number of hydrogen-bond donors (Lipinski definition) is 2. The molecule has 5 heteroatoms. The molecule has 0 spiro atoms. The van der Waals surface area contributed by atoms with E-state index in [1.807, 2.05) is 0 Å². The number of hydrogen-bond acceptors (Lipinski definition) is 5. The summed E-state index contributed by atoms with van der Waals surface area (Å²) in [5, 5.41) is 18.2. The number of ether oxygens (including phenoxy) is 2. The molecule has 0 aliphatic heterocycles. The highest BCUT2D eigenvalue weighted by atomic mass is 16.7. The van der Waals surface area contributed by atoms with Gasteiger partial charge in [-0.2, -0.15) is 0 Å². The van der Waals surface area contributed by atoms with Crippen LogP contribution in [0.5, 0.6) is 0 Å². The normalized spacial score (nSPS) is 14.9. The van der Waals surface area contributed by atoms with Gasteiger partial charge in [0.05, 0.1) is 25.4 Å². The first kappa shape index (κ1) is 13.9. The molecule has 0 aromatic rings. The average Bonchev–Trinajstić information content (AvgIpc) is 2.15. The van der Waals surface area contributed by atoms with Gasteiger partial charge in [-0.25, -0.2) is 4.79 Å². The molecule has 0 fully saturated rings. The molecule has 0 aliphatic carbocycles. The van der Waals surface area contributed by atoms with Crippen LogP contribution in [0.15, 0.2) is 12.2 Å². The third-order valence-corrected chi connectivity index (χ3v) is 1.67. The minimum atomic E-state index is -1.09. The van der Waals surface area contributed by atoms with Crippen molar-refractivity contribution in [1.82, 2.24) is 0 Å². The molecule has 1 atom stereocenters. The largest absolute Gasteiger partial charge is 0.508 e. The smallest absolute Gasteiger partial charge is 0.435 e. The molecule has 2 N–H and O–H groups in total. The molecule has 0 bridgehead atoms. The fourth-order valence-corrected chi connectivity index (χ4v) is 0.890. The van der Waals surface area contributed by atoms with E-state index >= 15 is 0 Å². The van der Waals surface area contributed by atoms with Gasteiger partial charge in [0.25, 0.3) is 0 Å². The highest BCUT2D eigenvalue weighted by molar-refractivity contribution is 5.59. The average molecular weight is 218 g/mol. The zero-order chi connectivity index (χ0) is 11.7. The lowest BCUT2D eigenvalue weighted by Crippen LogP contribution is -2.24. The van der Waals surface area contributed by atoms with Crippen molar-refractivity contribution >= 4 is 6.16 Å². The van der Waals surface area contributed by atoms with Gasteiger partial charge in [-0.15, -0.1) is 0 Å². The Balaban J connectivity index is 3.74. The van der Waals surface area contributed by atoms with Crippen molar-refractivity contribution in [3.05, 3.63) is 12.2 Å². The van der Waals surface area contributed by atoms with Gasteiger partial charge in [0, 0.05) is 6.42 Å². The lowest BCUT2D eigenvalue weighted by Gasteiger charge is -2.18. The molecule has 1 unspecified atom stereocenters. The van der Waals surface area contributed by atoms with Gasteiger partial charge >= 0.3 is 6.16 Å². The van der Waals surface area contributed by atoms with Crippen LogP contribution in [-0.4, -0.2) is 41.8 Å². The number of aliphatic hydroxyl groups excluding tert-OH is 1. The maximum atomic E-state index is 10.8. The highest BCUT2D eigenvalue weighted by Gasteiger charge is 2.16. The van der Waals surface area contributed by atoms with E-state index in [0.717, 1.165) is 0 Å². The summed E-state index contributed by atoms with van der Waals surface area (Å²) in [7, 11) is 0. The van der Waals surface area contributed by atoms with Gasteiger partial charge < -0.3 is 19.7 Å². The predicted octanol–water partition coefficient (Wildman–Crippen LogP) is 0.849. The standard InChI is InChI=1S/C10H18O5/c1-3-14-9(12)15-8-6-10(2,13)5-4-7-11/h4-5,11,13H,3,6-8H2,1-2H3/b5-4+. The summed E-state index contributed by atoms with van der Waals surface area (Å²) in [5.74, 6) is 0. The number of aliphatic hydroxyl groups is 2. The van der Waals surface area contributed by atoms with Crippen molar-refractivity contribution in [3.63, 3.8) is 0 Å². The SMILES string of the molecule is CCOC(=O)OCCC(C)(O)/C=C/CO. The van der Waals surface area contributed by atoms with Crippen molar-refractivity contribution < 1.29 is 24.5 Å². The third kappa shape index (κ3) is 7.96. The summed E-state index contributed by atoms with van der Waals surface area (Å²) in [4.78, 5) is 10.8. The molecule has 88 valence electrons. The van der Waals surface area contributed by atoms with E-state index < -0.39 is 11.8 Å². The lowest BCUT2D eigenvalue weighted by atomic mass is 10.0. The monoisotopic (exact) mass is 218 g/mol. The van der Waals surface area contributed by atoms with Gasteiger partial charge in [-0.3, -0.25) is 0 Å². The minimum absolute atomic E-state index is 0.0710. The van der Waals surface area contributed by atoms with Gasteiger partial charge in [0.15, 0.2) is 0 Å². The summed E-state index contributed by atoms with van der Waals surface area (Å²) >= 11 is 0. The molecular formula is C10H18O5. The van der Waals surface area contributed by atoms with Crippen LogP contribution in [0.2, 0.25) is 0 Å². The first-order chi connectivity index (χ1) is 7.02. The van der Waals surface area contributed by atoms with Crippen molar-refractivity contribution in [1.29, 1.82) is 0 Å². The topological polar surface area (TPSA) is 76.0 Å². The Morgan fingerprint density at radius 2 is 2.13 bits per heavy atom. The molecule has 0 aliphatic rings. The Labute approximate surface area is 89.3 Å². The molecule has 0 amide bonds. The van der Waals surface area contributed by atoms with Crippen molar-refractivity contribution in [2.75, 3.05) is 19.8 Å². The Morgan fingerprint density at radius 3 is 2.67 bits per heavy atom. The zero-order valence-corrected chi connectivity index (χ0v) is 9.10. The number of rotatable bonds is 6. The summed E-state index contributed by atoms with van der Waals surface area (Å²) < 4.78 is 9.22. The van der Waals surface area contributed by atoms with Crippen LogP contribution in [0.3, 0.4) is 0 Å². The first-order valence-electron chi connectivity index (χ1n) is 4.82. The van der Waals surface area contributed by atoms with Gasteiger partial charge in [-0.1, -0.05) is 12.2 Å². The van der Waals surface area contributed by atoms with Crippen molar-refractivity contribution in [3.8, 4) is 0 Å². The van der Waals surface area contributed by atoms with E-state index in [9.17, 15) is 9.90 Å². The molecule has 5 nitrogen and oxygen atoms in total. The molecule has 15 heavy (non-hydrogen) atoms. The van der Waals surface area contributed by atoms with Crippen LogP contribution in [0.1, 0.15) is 20.3 Å². The molecule has 0 aromatic carbocycles. The lowest BCUT2D eigenvalue weighted by molar-refractivity contribution is 0.0323. The zero-order valence-electron chi connectivity index (χ0n) is 9.10. The summed E-state index contributed by atoms with van der Waals surface area (Å²) in [6.45, 7) is 3.45. The van der Waals surface area contributed by atoms with Gasteiger partial charge in [0.2, 0.25) is 0 Å². The van der Waals surface area contributed by atoms with Gasteiger partial charge in [0.1, 0.15) is 0 Å². The van der Waals surface area contributed by atoms with Crippen LogP contribution >= 0.6 is 0 Å². The van der Waals surface area contributed by atoms with E-state index in [2.05, 4.69) is 9.47 Å². The predicted molar refractivity (Wildman–Crippen MR) is 54.4 cm³/mol. The van der Waals surface area contributed by atoms with Crippen molar-refractivity contribution in [2.24, 2.45) is 0 Å². The maximum Gasteiger partial charge on any atom is 0.508 e. The Morgan fingerprint density at radius 1 is 1.47 bits per heavy atom. The molecule has 0 aromatic heterocycles. The quantitative estimate of drug-likeness (QED) is 0.510. The van der Waals surface area contributed by atoms with E-state index in [1.54, 1.807) is 13.8 Å². The van der Waals surface area contributed by atoms with Crippen LogP contribution in [0.25, 0.3) is 0 Å². The second-order valence-electron chi connectivity index (χ2n) is 3.22. The van der Waals surface area contributed by atoms with Crippen LogP contribution in [0, 0.1) is 0 Å². The Hall–Kier alpha value is -1.07. The molecular weight excluding hydrogens is 200 g/mol. The van der Waals surface area contributed by atoms with Gasteiger partial charge in [-0.05, 0) is 13.8 Å². The third-order valence-electron chi connectivity index (χ3n) is 1.67. The number of carbonyl (C=O) groups excluding carboxylic acids is 1. The van der Waals surface area contributed by atoms with Crippen LogP contribution < -0.4 is 0 Å². The number of carbonyl (C=O) groups is 1. The Kier molecular flexibility index (Phi) is 6.73. The molecule has 0 heterocycles. The Bertz CT molecular complexity index is 210. The molecule has 0 radical (unpaired) electrons. The molecule has 0 saturated heterocycles. The molecule has 0 saturated carbocycles. The van der Waals surface area contributed by atoms with Crippen LogP contribution in [0.4, 0.5) is 4.79 Å². The summed E-state index contributed by atoms with van der Waals surface area (Å²) in [6.07, 6.45) is 2.41. The second kappa shape index (κ2) is 7.25. The van der Waals surface area contributed by atoms with Crippen LogP contribution in [-0.2, 0) is 9.47 Å². The molecule has 0 rings (SSSR count). The van der Waals surface area contributed by atoms with E-state index in [4.69, 9.17) is 5.11 Å². The van der Waals surface area contributed by atoms with E-state index in [1.165, 1.54) is 12.2 Å². The minimum Gasteiger partial charge on any atom is -0.435 e. The fraction of sp³-hybridized carbons (Fsp3) is 0.700. The summed E-state index contributed by atoms with van der Waals surface area (Å²) in [5.41, 5.74) is -1.09. The van der Waals surface area contributed by atoms with E-state index in [0.29, 0.717) is 0 Å². The first-order valence-corrected chi connectivity index (χ1v) is 4.82. The maximum absolute atomic E-state index is 10.8. The van der Waals surface area contributed by atoms with E-state index in [-0.39, 0.29) is 26.2 Å². The summed E-state index contributed by atoms with van der Waals surface area (Å²) in [6, 6.07) is 0. The fourth-order valence-electron chi connectivity index (χ4n) is 0.890. The second-order valence-corrected chi connectivity index (χ2v) is 3.22. The highest BCUT2D eigenvalue weighted by Crippen LogP contribution is 2.11. The van der Waals surface area contributed by atoms with Crippen molar-refractivity contribution in [2.45, 2.75) is 25.9 Å².